The number of carbonyl (C=O) groups is 1. The summed E-state index contributed by atoms with van der Waals surface area (Å²) in [4.78, 5) is 11.7. The summed E-state index contributed by atoms with van der Waals surface area (Å²) < 4.78 is 10.9. The van der Waals surface area contributed by atoms with Crippen LogP contribution in [0.5, 0.6) is 0 Å². The lowest BCUT2D eigenvalue weighted by molar-refractivity contribution is -0.139. The first-order valence-electron chi connectivity index (χ1n) is 7.00. The minimum Gasteiger partial charge on any atom is -0.458 e. The van der Waals surface area contributed by atoms with Gasteiger partial charge < -0.3 is 19.7 Å². The van der Waals surface area contributed by atoms with Crippen LogP contribution >= 0.6 is 0 Å². The standard InChI is InChI=1S/C15H20O5/c1-8-4-3-5-15(7-16)13(20-15)12(17)11-9(2)14(18)19-10(11)6-8/h4,10-13,16-17H,2-3,5-7H2,1H3/b8-4+/t10-,11+,12-,13+,15-/m0/s1. The van der Waals surface area contributed by atoms with Crippen LogP contribution in [0.15, 0.2) is 23.8 Å². The minimum atomic E-state index is -0.864. The van der Waals surface area contributed by atoms with Crippen molar-refractivity contribution in [3.05, 3.63) is 23.8 Å². The van der Waals surface area contributed by atoms with Gasteiger partial charge >= 0.3 is 5.97 Å². The molecule has 2 saturated heterocycles. The van der Waals surface area contributed by atoms with Gasteiger partial charge in [0.2, 0.25) is 0 Å². The monoisotopic (exact) mass is 280 g/mol. The van der Waals surface area contributed by atoms with Crippen LogP contribution in [-0.4, -0.2) is 46.7 Å². The maximum absolute atomic E-state index is 11.7. The molecule has 5 atom stereocenters. The van der Waals surface area contributed by atoms with E-state index in [1.54, 1.807) is 0 Å². The number of hydrogen-bond donors (Lipinski definition) is 2. The first-order chi connectivity index (χ1) is 9.48. The second kappa shape index (κ2) is 4.69. The normalized spacial score (nSPS) is 46.9. The van der Waals surface area contributed by atoms with E-state index in [1.807, 2.05) is 6.92 Å². The van der Waals surface area contributed by atoms with Crippen LogP contribution in [0.1, 0.15) is 26.2 Å². The molecule has 3 aliphatic rings. The van der Waals surface area contributed by atoms with Crippen molar-refractivity contribution in [1.29, 1.82) is 0 Å². The number of ether oxygens (including phenoxy) is 2. The maximum Gasteiger partial charge on any atom is 0.334 e. The highest BCUT2D eigenvalue weighted by atomic mass is 16.6. The molecule has 0 radical (unpaired) electrons. The average molecular weight is 280 g/mol. The summed E-state index contributed by atoms with van der Waals surface area (Å²) in [7, 11) is 0. The minimum absolute atomic E-state index is 0.125. The molecule has 0 unspecified atom stereocenters. The quantitative estimate of drug-likeness (QED) is 0.320. The summed E-state index contributed by atoms with van der Waals surface area (Å²) in [6.07, 6.45) is 2.43. The first-order valence-corrected chi connectivity index (χ1v) is 7.00. The smallest absolute Gasteiger partial charge is 0.334 e. The van der Waals surface area contributed by atoms with Crippen LogP contribution in [-0.2, 0) is 14.3 Å². The molecule has 0 aromatic rings. The van der Waals surface area contributed by atoms with E-state index in [1.165, 1.54) is 0 Å². The maximum atomic E-state index is 11.7. The van der Waals surface area contributed by atoms with Gasteiger partial charge in [-0.2, -0.15) is 0 Å². The summed E-state index contributed by atoms with van der Waals surface area (Å²) >= 11 is 0. The van der Waals surface area contributed by atoms with Crippen molar-refractivity contribution in [2.75, 3.05) is 6.61 Å². The molecule has 0 saturated carbocycles. The van der Waals surface area contributed by atoms with Crippen LogP contribution in [0, 0.1) is 5.92 Å². The highest BCUT2D eigenvalue weighted by Gasteiger charge is 2.62. The molecule has 2 aliphatic heterocycles. The molecule has 2 heterocycles. The van der Waals surface area contributed by atoms with Crippen molar-refractivity contribution < 1.29 is 24.5 Å². The molecule has 5 heteroatoms. The van der Waals surface area contributed by atoms with E-state index < -0.39 is 29.7 Å². The third-order valence-electron chi connectivity index (χ3n) is 4.68. The fourth-order valence-electron chi connectivity index (χ4n) is 3.40. The van der Waals surface area contributed by atoms with Gasteiger partial charge in [-0.1, -0.05) is 18.2 Å². The van der Waals surface area contributed by atoms with Crippen molar-refractivity contribution >= 4 is 5.97 Å². The Hall–Kier alpha value is -1.17. The zero-order valence-corrected chi connectivity index (χ0v) is 11.5. The summed E-state index contributed by atoms with van der Waals surface area (Å²) in [6.45, 7) is 5.61. The lowest BCUT2D eigenvalue weighted by Crippen LogP contribution is -2.38. The Bertz CT molecular complexity index is 483. The molecule has 3 rings (SSSR count). The van der Waals surface area contributed by atoms with Crippen LogP contribution in [0.25, 0.3) is 0 Å². The van der Waals surface area contributed by atoms with Gasteiger partial charge in [-0.3, -0.25) is 0 Å². The number of rotatable bonds is 1. The summed E-state index contributed by atoms with van der Waals surface area (Å²) in [5.41, 5.74) is 0.740. The van der Waals surface area contributed by atoms with Gasteiger partial charge in [0.1, 0.15) is 17.8 Å². The van der Waals surface area contributed by atoms with Crippen molar-refractivity contribution in [1.82, 2.24) is 0 Å². The van der Waals surface area contributed by atoms with Gasteiger partial charge in [-0.25, -0.2) is 4.79 Å². The summed E-state index contributed by atoms with van der Waals surface area (Å²) in [5.74, 6) is -0.899. The molecule has 20 heavy (non-hydrogen) atoms. The molecular formula is C15H20O5. The van der Waals surface area contributed by atoms with E-state index in [2.05, 4.69) is 12.7 Å². The first kappa shape index (κ1) is 13.8. The zero-order valence-electron chi connectivity index (χ0n) is 11.5. The highest BCUT2D eigenvalue weighted by molar-refractivity contribution is 5.91. The van der Waals surface area contributed by atoms with Gasteiger partial charge in [0, 0.05) is 12.0 Å². The fourth-order valence-corrected chi connectivity index (χ4v) is 3.40. The molecule has 0 amide bonds. The predicted molar refractivity (Wildman–Crippen MR) is 70.8 cm³/mol. The number of aliphatic hydroxyl groups excluding tert-OH is 2. The summed E-state index contributed by atoms with van der Waals surface area (Å²) in [5, 5.41) is 20.1. The van der Waals surface area contributed by atoms with Crippen LogP contribution in [0.4, 0.5) is 0 Å². The number of carbonyl (C=O) groups excluding carboxylic acids is 1. The van der Waals surface area contributed by atoms with E-state index in [9.17, 15) is 15.0 Å². The van der Waals surface area contributed by atoms with Gasteiger partial charge in [-0.05, 0) is 19.8 Å². The number of epoxide rings is 1. The Kier molecular flexibility index (Phi) is 3.23. The molecule has 1 aliphatic carbocycles. The average Bonchev–Trinajstić information content (AvgIpc) is 3.06. The van der Waals surface area contributed by atoms with Gasteiger partial charge in [0.25, 0.3) is 0 Å². The fraction of sp³-hybridized carbons (Fsp3) is 0.667. The second-order valence-corrected chi connectivity index (χ2v) is 6.04. The lowest BCUT2D eigenvalue weighted by atomic mass is 9.82. The van der Waals surface area contributed by atoms with E-state index in [4.69, 9.17) is 9.47 Å². The van der Waals surface area contributed by atoms with Crippen molar-refractivity contribution in [2.45, 2.75) is 50.1 Å². The molecule has 2 fully saturated rings. The van der Waals surface area contributed by atoms with E-state index in [0.717, 1.165) is 12.0 Å². The largest absolute Gasteiger partial charge is 0.458 e. The molecule has 0 spiro atoms. The number of fused-ring (bicyclic) bond motifs is 2. The highest BCUT2D eigenvalue weighted by Crippen LogP contribution is 2.48. The Labute approximate surface area is 117 Å². The van der Waals surface area contributed by atoms with E-state index in [-0.39, 0.29) is 12.7 Å². The number of aliphatic hydroxyl groups is 2. The van der Waals surface area contributed by atoms with Crippen LogP contribution < -0.4 is 0 Å². The van der Waals surface area contributed by atoms with Crippen molar-refractivity contribution in [3.8, 4) is 0 Å². The third kappa shape index (κ3) is 2.01. The molecule has 2 N–H and O–H groups in total. The Balaban J connectivity index is 1.93. The number of allylic oxidation sites excluding steroid dienone is 1. The molecule has 0 aromatic carbocycles. The SMILES string of the molecule is C=C1C(=O)O[C@H]2C/C(C)=C/CC[C@@]3(CO)O[C@@H]3[C@@H](O)[C@H]12. The lowest BCUT2D eigenvalue weighted by Gasteiger charge is -2.24. The third-order valence-corrected chi connectivity index (χ3v) is 4.68. The van der Waals surface area contributed by atoms with E-state index >= 15 is 0 Å². The Morgan fingerprint density at radius 1 is 1.55 bits per heavy atom. The molecule has 5 nitrogen and oxygen atoms in total. The van der Waals surface area contributed by atoms with Crippen molar-refractivity contribution in [2.24, 2.45) is 5.92 Å². The zero-order chi connectivity index (χ0) is 14.5. The van der Waals surface area contributed by atoms with Crippen LogP contribution in [0.3, 0.4) is 0 Å². The second-order valence-electron chi connectivity index (χ2n) is 6.04. The molecule has 110 valence electrons. The predicted octanol–water partition coefficient (Wildman–Crippen LogP) is 0.705. The van der Waals surface area contributed by atoms with Crippen molar-refractivity contribution in [3.63, 3.8) is 0 Å². The van der Waals surface area contributed by atoms with Gasteiger partial charge in [0.05, 0.1) is 18.6 Å². The molecule has 0 bridgehead atoms. The van der Waals surface area contributed by atoms with Gasteiger partial charge in [-0.15, -0.1) is 0 Å². The summed E-state index contributed by atoms with van der Waals surface area (Å²) in [6, 6.07) is 0. The number of hydrogen-bond acceptors (Lipinski definition) is 5. The molecule has 0 aromatic heterocycles. The molecular weight excluding hydrogens is 260 g/mol. The number of esters is 1. The van der Waals surface area contributed by atoms with Crippen LogP contribution in [0.2, 0.25) is 0 Å². The Morgan fingerprint density at radius 2 is 2.30 bits per heavy atom. The van der Waals surface area contributed by atoms with E-state index in [0.29, 0.717) is 18.4 Å². The van der Waals surface area contributed by atoms with Gasteiger partial charge in [0.15, 0.2) is 0 Å². The Morgan fingerprint density at radius 3 is 3.00 bits per heavy atom. The topological polar surface area (TPSA) is 79.3 Å².